The third kappa shape index (κ3) is 4.23. The molecule has 0 saturated heterocycles. The van der Waals surface area contributed by atoms with Gasteiger partial charge in [0.1, 0.15) is 17.5 Å². The van der Waals surface area contributed by atoms with Gasteiger partial charge in [-0.05, 0) is 25.5 Å². The molecule has 0 aliphatic carbocycles. The van der Waals surface area contributed by atoms with Gasteiger partial charge < -0.3 is 15.7 Å². The number of benzene rings is 1. The van der Waals surface area contributed by atoms with Crippen LogP contribution in [0.15, 0.2) is 36.5 Å². The molecule has 7 nitrogen and oxygen atoms in total. The summed E-state index contributed by atoms with van der Waals surface area (Å²) in [5.41, 5.74) is 0.825. The maximum absolute atomic E-state index is 14.2. The van der Waals surface area contributed by atoms with Crippen molar-refractivity contribution in [2.45, 2.75) is 26.8 Å². The van der Waals surface area contributed by atoms with Crippen LogP contribution in [-0.2, 0) is 6.54 Å². The molecule has 0 unspecified atom stereocenters. The summed E-state index contributed by atoms with van der Waals surface area (Å²) in [5, 5.41) is 19.9. The zero-order valence-electron chi connectivity index (χ0n) is 15.3. The lowest BCUT2D eigenvalue weighted by atomic mass is 10.1. The second-order valence-electron chi connectivity index (χ2n) is 6.16. The van der Waals surface area contributed by atoms with Crippen molar-refractivity contribution < 1.29 is 14.3 Å². The number of nitrogens with one attached hydrogen (secondary N) is 2. The van der Waals surface area contributed by atoms with Crippen LogP contribution in [0.3, 0.4) is 0 Å². The van der Waals surface area contributed by atoms with Gasteiger partial charge in [0.05, 0.1) is 33.9 Å². The van der Waals surface area contributed by atoms with E-state index in [2.05, 4.69) is 27.6 Å². The van der Waals surface area contributed by atoms with Crippen molar-refractivity contribution in [2.24, 2.45) is 0 Å². The van der Waals surface area contributed by atoms with Crippen LogP contribution in [0.4, 0.5) is 27.4 Å². The van der Waals surface area contributed by atoms with Gasteiger partial charge in [-0.15, -0.1) is 0 Å². The highest BCUT2D eigenvalue weighted by molar-refractivity contribution is 6.33. The van der Waals surface area contributed by atoms with Gasteiger partial charge in [0.15, 0.2) is 0 Å². The van der Waals surface area contributed by atoms with E-state index in [0.717, 1.165) is 24.5 Å². The first-order valence-electron chi connectivity index (χ1n) is 8.65. The van der Waals surface area contributed by atoms with Gasteiger partial charge in [0, 0.05) is 18.7 Å². The number of pyridine rings is 1. The number of carbonyl (C=O) groups is 1. The second kappa shape index (κ2) is 8.26. The Morgan fingerprint density at radius 3 is 2.82 bits per heavy atom. The Bertz CT molecular complexity index is 1020. The lowest BCUT2D eigenvalue weighted by Gasteiger charge is -2.14. The molecule has 1 aromatic carbocycles. The SMILES string of the molecule is CCCn1nc(C)cc1Nc1cc(Nc2c(F)cccc2C(=O)O)c(Cl)cn1. The summed E-state index contributed by atoms with van der Waals surface area (Å²) in [7, 11) is 0. The van der Waals surface area contributed by atoms with Crippen molar-refractivity contribution in [3.05, 3.63) is 58.6 Å². The highest BCUT2D eigenvalue weighted by Gasteiger charge is 2.16. The van der Waals surface area contributed by atoms with E-state index in [9.17, 15) is 14.3 Å². The fourth-order valence-electron chi connectivity index (χ4n) is 2.73. The Balaban J connectivity index is 1.92. The van der Waals surface area contributed by atoms with Crippen LogP contribution < -0.4 is 10.6 Å². The molecule has 3 N–H and O–H groups in total. The van der Waals surface area contributed by atoms with E-state index >= 15 is 0 Å². The van der Waals surface area contributed by atoms with E-state index in [1.54, 1.807) is 6.07 Å². The van der Waals surface area contributed by atoms with Crippen LogP contribution in [-0.4, -0.2) is 25.8 Å². The number of nitrogens with zero attached hydrogens (tertiary/aromatic N) is 3. The van der Waals surface area contributed by atoms with E-state index in [-0.39, 0.29) is 16.3 Å². The molecule has 9 heteroatoms. The van der Waals surface area contributed by atoms with Crippen molar-refractivity contribution in [1.82, 2.24) is 14.8 Å². The highest BCUT2D eigenvalue weighted by Crippen LogP contribution is 2.31. The van der Waals surface area contributed by atoms with Gasteiger partial charge in [-0.25, -0.2) is 18.9 Å². The molecular formula is C19H19ClFN5O2. The summed E-state index contributed by atoms with van der Waals surface area (Å²) in [6.45, 7) is 4.69. The Hall–Kier alpha value is -3.13. The first-order chi connectivity index (χ1) is 13.4. The quantitative estimate of drug-likeness (QED) is 0.515. The van der Waals surface area contributed by atoms with Gasteiger partial charge >= 0.3 is 5.97 Å². The first kappa shape index (κ1) is 19.6. The number of hydrogen-bond donors (Lipinski definition) is 3. The lowest BCUT2D eigenvalue weighted by molar-refractivity contribution is 0.0697. The molecule has 3 aromatic rings. The zero-order chi connectivity index (χ0) is 20.3. The number of halogens is 2. The van der Waals surface area contributed by atoms with E-state index in [1.165, 1.54) is 24.4 Å². The molecule has 0 bridgehead atoms. The summed E-state index contributed by atoms with van der Waals surface area (Å²) < 4.78 is 16.0. The largest absolute Gasteiger partial charge is 0.478 e. The Morgan fingerprint density at radius 1 is 1.32 bits per heavy atom. The predicted octanol–water partition coefficient (Wildman–Crippen LogP) is 4.97. The molecule has 3 rings (SSSR count). The van der Waals surface area contributed by atoms with E-state index in [1.807, 2.05) is 17.7 Å². The highest BCUT2D eigenvalue weighted by atomic mass is 35.5. The fourth-order valence-corrected chi connectivity index (χ4v) is 2.88. The molecule has 28 heavy (non-hydrogen) atoms. The Kier molecular flexibility index (Phi) is 5.79. The topological polar surface area (TPSA) is 92.1 Å². The van der Waals surface area contributed by atoms with Crippen LogP contribution in [0.1, 0.15) is 29.4 Å². The molecular weight excluding hydrogens is 385 g/mol. The third-order valence-electron chi connectivity index (χ3n) is 3.95. The van der Waals surface area contributed by atoms with Gasteiger partial charge in [0.25, 0.3) is 0 Å². The number of carboxylic acids is 1. The molecule has 0 amide bonds. The molecule has 0 spiro atoms. The fraction of sp³-hybridized carbons (Fsp3) is 0.211. The lowest BCUT2D eigenvalue weighted by Crippen LogP contribution is -2.07. The number of aromatic carboxylic acids is 1. The maximum Gasteiger partial charge on any atom is 0.337 e. The standard InChI is InChI=1S/C19H19ClFN5O2/c1-3-7-26-17(8-11(2)25-26)24-16-9-15(13(20)10-22-16)23-18-12(19(27)28)5-4-6-14(18)21/h4-6,8-10H,3,7H2,1-2H3,(H,27,28)(H2,22,23,24). The molecule has 0 atom stereocenters. The van der Waals surface area contributed by atoms with Crippen molar-refractivity contribution in [3.8, 4) is 0 Å². The van der Waals surface area contributed by atoms with E-state index < -0.39 is 11.8 Å². The van der Waals surface area contributed by atoms with Gasteiger partial charge in [-0.3, -0.25) is 0 Å². The number of anilines is 4. The van der Waals surface area contributed by atoms with Crippen molar-refractivity contribution in [1.29, 1.82) is 0 Å². The van der Waals surface area contributed by atoms with Crippen molar-refractivity contribution in [3.63, 3.8) is 0 Å². The molecule has 0 fully saturated rings. The number of aromatic nitrogens is 3. The van der Waals surface area contributed by atoms with Crippen LogP contribution in [0, 0.1) is 12.7 Å². The first-order valence-corrected chi connectivity index (χ1v) is 9.02. The number of para-hydroxylation sites is 1. The second-order valence-corrected chi connectivity index (χ2v) is 6.57. The number of hydrogen-bond acceptors (Lipinski definition) is 5. The minimum absolute atomic E-state index is 0.166. The maximum atomic E-state index is 14.2. The molecule has 0 aliphatic rings. The van der Waals surface area contributed by atoms with Crippen molar-refractivity contribution in [2.75, 3.05) is 10.6 Å². The number of carboxylic acid groups (broad SMARTS) is 1. The average molecular weight is 404 g/mol. The van der Waals surface area contributed by atoms with Gasteiger partial charge in [-0.2, -0.15) is 5.10 Å². The van der Waals surface area contributed by atoms with Crippen LogP contribution in [0.2, 0.25) is 5.02 Å². The summed E-state index contributed by atoms with van der Waals surface area (Å²) >= 11 is 6.18. The number of aryl methyl sites for hydroxylation is 2. The molecule has 0 saturated carbocycles. The monoisotopic (exact) mass is 403 g/mol. The molecule has 2 heterocycles. The zero-order valence-corrected chi connectivity index (χ0v) is 16.1. The molecule has 0 radical (unpaired) electrons. The summed E-state index contributed by atoms with van der Waals surface area (Å²) in [5.74, 6) is -0.724. The Morgan fingerprint density at radius 2 is 2.11 bits per heavy atom. The predicted molar refractivity (Wildman–Crippen MR) is 106 cm³/mol. The number of rotatable bonds is 7. The van der Waals surface area contributed by atoms with Crippen molar-refractivity contribution >= 4 is 40.6 Å². The van der Waals surface area contributed by atoms with E-state index in [4.69, 9.17) is 11.6 Å². The minimum atomic E-state index is -1.25. The molecule has 2 aromatic heterocycles. The van der Waals surface area contributed by atoms with Crippen LogP contribution in [0.25, 0.3) is 0 Å². The normalized spacial score (nSPS) is 10.7. The van der Waals surface area contributed by atoms with Gasteiger partial charge in [0.2, 0.25) is 0 Å². The molecule has 0 aliphatic heterocycles. The summed E-state index contributed by atoms with van der Waals surface area (Å²) in [6, 6.07) is 7.29. The summed E-state index contributed by atoms with van der Waals surface area (Å²) in [6.07, 6.45) is 2.32. The van der Waals surface area contributed by atoms with Crippen LogP contribution in [0.5, 0.6) is 0 Å². The smallest absolute Gasteiger partial charge is 0.337 e. The summed E-state index contributed by atoms with van der Waals surface area (Å²) in [4.78, 5) is 15.6. The van der Waals surface area contributed by atoms with Crippen LogP contribution >= 0.6 is 11.6 Å². The van der Waals surface area contributed by atoms with Gasteiger partial charge in [-0.1, -0.05) is 24.6 Å². The minimum Gasteiger partial charge on any atom is -0.478 e. The average Bonchev–Trinajstić information content (AvgIpc) is 2.98. The molecule has 146 valence electrons. The third-order valence-corrected chi connectivity index (χ3v) is 4.25. The Labute approximate surface area is 166 Å². The van der Waals surface area contributed by atoms with E-state index in [0.29, 0.717) is 11.5 Å².